The first-order valence-corrected chi connectivity index (χ1v) is 7.24. The monoisotopic (exact) mass is 272 g/mol. The molecule has 0 heterocycles. The molecule has 20 heavy (non-hydrogen) atoms. The van der Waals surface area contributed by atoms with Crippen molar-refractivity contribution in [1.29, 1.82) is 5.26 Å². The summed E-state index contributed by atoms with van der Waals surface area (Å²) in [6.07, 6.45) is 5.53. The van der Waals surface area contributed by atoms with Gasteiger partial charge in [0, 0.05) is 11.6 Å². The third-order valence-electron chi connectivity index (χ3n) is 4.48. The number of nitrogens with zero attached hydrogens (tertiary/aromatic N) is 2. The maximum Gasteiger partial charge on any atom is 0.272 e. The molecule has 1 aliphatic carbocycles. The maximum atomic E-state index is 11.1. The first kappa shape index (κ1) is 14.5. The fourth-order valence-electron chi connectivity index (χ4n) is 3.34. The predicted molar refractivity (Wildman–Crippen MR) is 77.1 cm³/mol. The van der Waals surface area contributed by atoms with Gasteiger partial charge in [0.05, 0.1) is 16.4 Å². The normalized spacial score (nSPS) is 25.9. The SMILES string of the molecule is CCC1CCCC(C#N)(Cc2ccccc2[N+](=O)[O-])C1. The van der Waals surface area contributed by atoms with Gasteiger partial charge in [-0.3, -0.25) is 10.1 Å². The van der Waals surface area contributed by atoms with Crippen LogP contribution in [0.15, 0.2) is 24.3 Å². The van der Waals surface area contributed by atoms with Gasteiger partial charge in [-0.05, 0) is 25.2 Å². The molecule has 0 bridgehead atoms. The van der Waals surface area contributed by atoms with E-state index in [1.54, 1.807) is 12.1 Å². The summed E-state index contributed by atoms with van der Waals surface area (Å²) in [5.74, 6) is 0.575. The Balaban J connectivity index is 2.27. The maximum absolute atomic E-state index is 11.1. The Morgan fingerprint density at radius 2 is 2.25 bits per heavy atom. The van der Waals surface area contributed by atoms with Crippen LogP contribution in [0.1, 0.15) is 44.6 Å². The summed E-state index contributed by atoms with van der Waals surface area (Å²) in [5, 5.41) is 20.7. The molecule has 1 aromatic rings. The lowest BCUT2D eigenvalue weighted by atomic mass is 9.67. The summed E-state index contributed by atoms with van der Waals surface area (Å²) in [5.41, 5.74) is 0.405. The lowest BCUT2D eigenvalue weighted by molar-refractivity contribution is -0.385. The van der Waals surface area contributed by atoms with E-state index in [2.05, 4.69) is 13.0 Å². The summed E-state index contributed by atoms with van der Waals surface area (Å²) in [7, 11) is 0. The van der Waals surface area contributed by atoms with E-state index < -0.39 is 5.41 Å². The van der Waals surface area contributed by atoms with E-state index in [1.807, 2.05) is 6.07 Å². The van der Waals surface area contributed by atoms with Gasteiger partial charge in [-0.2, -0.15) is 5.26 Å². The van der Waals surface area contributed by atoms with Gasteiger partial charge < -0.3 is 0 Å². The van der Waals surface area contributed by atoms with Crippen LogP contribution in [0.4, 0.5) is 5.69 Å². The van der Waals surface area contributed by atoms with Gasteiger partial charge in [0.2, 0.25) is 0 Å². The van der Waals surface area contributed by atoms with E-state index >= 15 is 0 Å². The van der Waals surface area contributed by atoms with Crippen molar-refractivity contribution < 1.29 is 4.92 Å². The van der Waals surface area contributed by atoms with Crippen molar-refractivity contribution in [2.45, 2.75) is 45.4 Å². The summed E-state index contributed by atoms with van der Waals surface area (Å²) in [4.78, 5) is 10.8. The van der Waals surface area contributed by atoms with Crippen molar-refractivity contribution in [2.75, 3.05) is 0 Å². The Kier molecular flexibility index (Phi) is 4.39. The van der Waals surface area contributed by atoms with E-state index in [0.717, 1.165) is 25.7 Å². The fourth-order valence-corrected chi connectivity index (χ4v) is 3.34. The van der Waals surface area contributed by atoms with E-state index in [1.165, 1.54) is 12.5 Å². The molecule has 0 N–H and O–H groups in total. The molecule has 1 aromatic carbocycles. The fraction of sp³-hybridized carbons (Fsp3) is 0.562. The van der Waals surface area contributed by atoms with Crippen LogP contribution in [0.3, 0.4) is 0 Å². The number of rotatable bonds is 4. The Bertz CT molecular complexity index is 536. The summed E-state index contributed by atoms with van der Waals surface area (Å²) in [6, 6.07) is 9.28. The summed E-state index contributed by atoms with van der Waals surface area (Å²) in [6.45, 7) is 2.16. The molecule has 4 heteroatoms. The lowest BCUT2D eigenvalue weighted by Crippen LogP contribution is -2.29. The Morgan fingerprint density at radius 1 is 1.50 bits per heavy atom. The first-order valence-electron chi connectivity index (χ1n) is 7.24. The third kappa shape index (κ3) is 2.98. The van der Waals surface area contributed by atoms with Crippen molar-refractivity contribution in [3.8, 4) is 6.07 Å². The number of nitriles is 1. The molecule has 0 radical (unpaired) electrons. The van der Waals surface area contributed by atoms with Gasteiger partial charge in [-0.25, -0.2) is 0 Å². The molecule has 0 spiro atoms. The first-order chi connectivity index (χ1) is 9.60. The molecular weight excluding hydrogens is 252 g/mol. The van der Waals surface area contributed by atoms with Crippen LogP contribution in [0.2, 0.25) is 0 Å². The molecule has 0 aliphatic heterocycles. The molecule has 0 saturated heterocycles. The second-order valence-corrected chi connectivity index (χ2v) is 5.83. The molecule has 106 valence electrons. The zero-order valence-electron chi connectivity index (χ0n) is 11.8. The van der Waals surface area contributed by atoms with E-state index in [9.17, 15) is 15.4 Å². The van der Waals surface area contributed by atoms with Crippen LogP contribution in [0, 0.1) is 32.8 Å². The smallest absolute Gasteiger partial charge is 0.258 e. The van der Waals surface area contributed by atoms with Gasteiger partial charge in [-0.15, -0.1) is 0 Å². The van der Waals surface area contributed by atoms with Crippen LogP contribution < -0.4 is 0 Å². The number of para-hydroxylation sites is 1. The van der Waals surface area contributed by atoms with Gasteiger partial charge >= 0.3 is 0 Å². The zero-order valence-corrected chi connectivity index (χ0v) is 11.8. The van der Waals surface area contributed by atoms with Crippen molar-refractivity contribution in [2.24, 2.45) is 11.3 Å². The number of nitro groups is 1. The largest absolute Gasteiger partial charge is 0.272 e. The molecular formula is C16H20N2O2. The topological polar surface area (TPSA) is 66.9 Å². The van der Waals surface area contributed by atoms with Crippen molar-refractivity contribution in [3.05, 3.63) is 39.9 Å². The number of benzene rings is 1. The molecule has 0 amide bonds. The van der Waals surface area contributed by atoms with Crippen LogP contribution in [-0.4, -0.2) is 4.92 Å². The van der Waals surface area contributed by atoms with Crippen LogP contribution in [-0.2, 0) is 6.42 Å². The number of hydrogen-bond donors (Lipinski definition) is 0. The Hall–Kier alpha value is -1.89. The number of nitro benzene ring substituents is 1. The predicted octanol–water partition coefficient (Wildman–Crippen LogP) is 4.25. The minimum Gasteiger partial charge on any atom is -0.258 e. The van der Waals surface area contributed by atoms with Crippen molar-refractivity contribution >= 4 is 5.69 Å². The molecule has 0 aromatic heterocycles. The van der Waals surface area contributed by atoms with Gasteiger partial charge in [-0.1, -0.05) is 44.4 Å². The molecule has 2 rings (SSSR count). The standard InChI is InChI=1S/C16H20N2O2/c1-2-13-6-5-9-16(10-13,12-17)11-14-7-3-4-8-15(14)18(19)20/h3-4,7-8,13H,2,5-6,9-11H2,1H3. The van der Waals surface area contributed by atoms with E-state index in [0.29, 0.717) is 17.9 Å². The average Bonchev–Trinajstić information content (AvgIpc) is 2.47. The molecule has 1 fully saturated rings. The highest BCUT2D eigenvalue weighted by Crippen LogP contribution is 2.43. The average molecular weight is 272 g/mol. The quantitative estimate of drug-likeness (QED) is 0.608. The highest BCUT2D eigenvalue weighted by molar-refractivity contribution is 5.41. The van der Waals surface area contributed by atoms with Crippen LogP contribution in [0.5, 0.6) is 0 Å². The summed E-state index contributed by atoms with van der Waals surface area (Å²) < 4.78 is 0. The molecule has 2 unspecified atom stereocenters. The van der Waals surface area contributed by atoms with E-state index in [4.69, 9.17) is 0 Å². The van der Waals surface area contributed by atoms with Gasteiger partial charge in [0.1, 0.15) is 0 Å². The molecule has 2 atom stereocenters. The molecule has 4 nitrogen and oxygen atoms in total. The second-order valence-electron chi connectivity index (χ2n) is 5.83. The molecule has 1 aliphatic rings. The van der Waals surface area contributed by atoms with E-state index in [-0.39, 0.29) is 10.6 Å². The third-order valence-corrected chi connectivity index (χ3v) is 4.48. The highest BCUT2D eigenvalue weighted by atomic mass is 16.6. The van der Waals surface area contributed by atoms with Crippen molar-refractivity contribution in [3.63, 3.8) is 0 Å². The zero-order chi connectivity index (χ0) is 14.6. The van der Waals surface area contributed by atoms with Gasteiger partial charge in [0.15, 0.2) is 0 Å². The number of hydrogen-bond acceptors (Lipinski definition) is 3. The second kappa shape index (κ2) is 6.04. The highest BCUT2D eigenvalue weighted by Gasteiger charge is 2.37. The minimum atomic E-state index is -0.426. The summed E-state index contributed by atoms with van der Waals surface area (Å²) >= 11 is 0. The van der Waals surface area contributed by atoms with Gasteiger partial charge in [0.25, 0.3) is 5.69 Å². The molecule has 1 saturated carbocycles. The Morgan fingerprint density at radius 3 is 2.90 bits per heavy atom. The minimum absolute atomic E-state index is 0.140. The van der Waals surface area contributed by atoms with Crippen LogP contribution in [0.25, 0.3) is 0 Å². The van der Waals surface area contributed by atoms with Crippen molar-refractivity contribution in [1.82, 2.24) is 0 Å². The lowest BCUT2D eigenvalue weighted by Gasteiger charge is -2.35. The Labute approximate surface area is 119 Å². The van der Waals surface area contributed by atoms with Crippen LogP contribution >= 0.6 is 0 Å².